The minimum absolute atomic E-state index is 0.176. The first-order chi connectivity index (χ1) is 6.06. The minimum Gasteiger partial charge on any atom is -0.478 e. The van der Waals surface area contributed by atoms with Gasteiger partial charge in [-0.25, -0.2) is 4.79 Å². The van der Waals surface area contributed by atoms with E-state index in [4.69, 9.17) is 9.84 Å². The van der Waals surface area contributed by atoms with Crippen LogP contribution in [-0.4, -0.2) is 24.3 Å². The Morgan fingerprint density at radius 1 is 1.38 bits per heavy atom. The summed E-state index contributed by atoms with van der Waals surface area (Å²) in [5.74, 6) is -0.935. The first-order valence-electron chi connectivity index (χ1n) is 3.74. The second-order valence-corrected chi connectivity index (χ2v) is 2.20. The standard InChI is InChI=1S/C6H10O.C4H6O2/c1-3-5-7-6-4-2;1-3(2)4(5)6/h3-4H,1-2,5-6H2;1H2,2H3,(H,5,6). The zero-order valence-corrected chi connectivity index (χ0v) is 7.95. The van der Waals surface area contributed by atoms with Gasteiger partial charge in [0.05, 0.1) is 13.2 Å². The van der Waals surface area contributed by atoms with E-state index in [-0.39, 0.29) is 5.57 Å². The van der Waals surface area contributed by atoms with Gasteiger partial charge in [-0.15, -0.1) is 13.2 Å². The molecule has 0 spiro atoms. The molecule has 13 heavy (non-hydrogen) atoms. The highest BCUT2D eigenvalue weighted by molar-refractivity contribution is 5.84. The Labute approximate surface area is 79.0 Å². The maximum absolute atomic E-state index is 9.60. The third-order valence-corrected chi connectivity index (χ3v) is 0.836. The maximum atomic E-state index is 9.60. The van der Waals surface area contributed by atoms with E-state index in [2.05, 4.69) is 19.7 Å². The Bertz CT molecular complexity index is 163. The van der Waals surface area contributed by atoms with Gasteiger partial charge in [-0.2, -0.15) is 0 Å². The molecule has 0 aromatic heterocycles. The van der Waals surface area contributed by atoms with Crippen LogP contribution in [0, 0.1) is 0 Å². The molecule has 0 atom stereocenters. The van der Waals surface area contributed by atoms with Crippen LogP contribution in [0.4, 0.5) is 0 Å². The topological polar surface area (TPSA) is 46.5 Å². The molecule has 0 aromatic rings. The molecule has 0 bridgehead atoms. The number of carbonyl (C=O) groups is 1. The smallest absolute Gasteiger partial charge is 0.330 e. The molecular weight excluding hydrogens is 168 g/mol. The van der Waals surface area contributed by atoms with Crippen LogP contribution in [0.1, 0.15) is 6.92 Å². The third kappa shape index (κ3) is 18.0. The van der Waals surface area contributed by atoms with Crippen LogP contribution in [0.5, 0.6) is 0 Å². The lowest BCUT2D eigenvalue weighted by Gasteiger charge is -1.89. The lowest BCUT2D eigenvalue weighted by atomic mass is 10.4. The highest BCUT2D eigenvalue weighted by atomic mass is 16.5. The summed E-state index contributed by atoms with van der Waals surface area (Å²) in [5, 5.41) is 7.89. The van der Waals surface area contributed by atoms with Gasteiger partial charge in [-0.05, 0) is 6.92 Å². The Morgan fingerprint density at radius 2 is 1.69 bits per heavy atom. The van der Waals surface area contributed by atoms with Crippen LogP contribution >= 0.6 is 0 Å². The van der Waals surface area contributed by atoms with Gasteiger partial charge in [-0.1, -0.05) is 18.7 Å². The Kier molecular flexibility index (Phi) is 11.6. The average Bonchev–Trinajstić information content (AvgIpc) is 2.06. The van der Waals surface area contributed by atoms with Gasteiger partial charge in [0.15, 0.2) is 0 Å². The molecule has 1 N–H and O–H groups in total. The van der Waals surface area contributed by atoms with Crippen LogP contribution in [0.2, 0.25) is 0 Å². The Morgan fingerprint density at radius 3 is 1.85 bits per heavy atom. The van der Waals surface area contributed by atoms with Crippen molar-refractivity contribution >= 4 is 5.97 Å². The molecule has 3 heteroatoms. The number of carboxylic acids is 1. The molecule has 0 aliphatic carbocycles. The van der Waals surface area contributed by atoms with Crippen molar-refractivity contribution < 1.29 is 14.6 Å². The van der Waals surface area contributed by atoms with E-state index in [0.29, 0.717) is 13.2 Å². The van der Waals surface area contributed by atoms with Crippen LogP contribution in [0.25, 0.3) is 0 Å². The predicted octanol–water partition coefficient (Wildman–Crippen LogP) is 2.02. The summed E-state index contributed by atoms with van der Waals surface area (Å²) in [4.78, 5) is 9.60. The number of hydrogen-bond donors (Lipinski definition) is 1. The monoisotopic (exact) mass is 184 g/mol. The fraction of sp³-hybridized carbons (Fsp3) is 0.300. The summed E-state index contributed by atoms with van der Waals surface area (Å²) < 4.78 is 4.90. The van der Waals surface area contributed by atoms with Gasteiger partial charge in [0, 0.05) is 5.57 Å². The van der Waals surface area contributed by atoms with Crippen molar-refractivity contribution in [3.63, 3.8) is 0 Å². The highest BCUT2D eigenvalue weighted by Gasteiger charge is 1.90. The number of ether oxygens (including phenoxy) is 1. The zero-order chi connectivity index (χ0) is 10.7. The zero-order valence-electron chi connectivity index (χ0n) is 7.95. The number of hydrogen-bond acceptors (Lipinski definition) is 2. The molecule has 74 valence electrons. The van der Waals surface area contributed by atoms with Crippen molar-refractivity contribution in [1.29, 1.82) is 0 Å². The van der Waals surface area contributed by atoms with Crippen molar-refractivity contribution in [3.05, 3.63) is 37.5 Å². The molecule has 0 heterocycles. The lowest BCUT2D eigenvalue weighted by Crippen LogP contribution is -1.92. The molecule has 0 saturated heterocycles. The summed E-state index contributed by atoms with van der Waals surface area (Å²) in [6.07, 6.45) is 3.42. The first-order valence-corrected chi connectivity index (χ1v) is 3.74. The molecule has 0 saturated carbocycles. The van der Waals surface area contributed by atoms with Crippen LogP contribution in [-0.2, 0) is 9.53 Å². The summed E-state index contributed by atoms with van der Waals surface area (Å²) >= 11 is 0. The van der Waals surface area contributed by atoms with Gasteiger partial charge < -0.3 is 9.84 Å². The number of rotatable bonds is 5. The average molecular weight is 184 g/mol. The summed E-state index contributed by atoms with van der Waals surface area (Å²) in [5.41, 5.74) is 0.176. The van der Waals surface area contributed by atoms with Gasteiger partial charge in [0.25, 0.3) is 0 Å². The molecule has 0 aliphatic heterocycles. The molecule has 3 nitrogen and oxygen atoms in total. The van der Waals surface area contributed by atoms with Gasteiger partial charge in [0.1, 0.15) is 0 Å². The molecule has 0 rings (SSSR count). The molecule has 0 aliphatic rings. The van der Waals surface area contributed by atoms with Crippen LogP contribution < -0.4 is 0 Å². The minimum atomic E-state index is -0.935. The van der Waals surface area contributed by atoms with E-state index in [1.807, 2.05) is 0 Å². The predicted molar refractivity (Wildman–Crippen MR) is 53.7 cm³/mol. The lowest BCUT2D eigenvalue weighted by molar-refractivity contribution is -0.132. The Balaban J connectivity index is 0. The second-order valence-electron chi connectivity index (χ2n) is 2.20. The second kappa shape index (κ2) is 10.7. The quantitative estimate of drug-likeness (QED) is 0.404. The SMILES string of the molecule is C=C(C)C(=O)O.C=CCOCC=C. The van der Waals surface area contributed by atoms with E-state index >= 15 is 0 Å². The molecule has 0 radical (unpaired) electrons. The summed E-state index contributed by atoms with van der Waals surface area (Å²) in [7, 11) is 0. The summed E-state index contributed by atoms with van der Waals surface area (Å²) in [6.45, 7) is 12.8. The molecule has 0 unspecified atom stereocenters. The van der Waals surface area contributed by atoms with E-state index < -0.39 is 5.97 Å². The van der Waals surface area contributed by atoms with Gasteiger partial charge in [0.2, 0.25) is 0 Å². The van der Waals surface area contributed by atoms with Crippen LogP contribution in [0.15, 0.2) is 37.5 Å². The fourth-order valence-corrected chi connectivity index (χ4v) is 0.235. The van der Waals surface area contributed by atoms with Crippen molar-refractivity contribution in [1.82, 2.24) is 0 Å². The van der Waals surface area contributed by atoms with E-state index in [9.17, 15) is 4.79 Å². The number of carboxylic acid groups (broad SMARTS) is 1. The third-order valence-electron chi connectivity index (χ3n) is 0.836. The largest absolute Gasteiger partial charge is 0.478 e. The van der Waals surface area contributed by atoms with E-state index in [0.717, 1.165) is 0 Å². The van der Waals surface area contributed by atoms with Crippen LogP contribution in [0.3, 0.4) is 0 Å². The van der Waals surface area contributed by atoms with Gasteiger partial charge in [-0.3, -0.25) is 0 Å². The van der Waals surface area contributed by atoms with Crippen molar-refractivity contribution in [2.24, 2.45) is 0 Å². The van der Waals surface area contributed by atoms with Gasteiger partial charge >= 0.3 is 5.97 Å². The molecule has 0 aromatic carbocycles. The van der Waals surface area contributed by atoms with Crippen molar-refractivity contribution in [2.45, 2.75) is 6.92 Å². The number of aliphatic carboxylic acids is 1. The highest BCUT2D eigenvalue weighted by Crippen LogP contribution is 1.81. The van der Waals surface area contributed by atoms with E-state index in [1.165, 1.54) is 6.92 Å². The fourth-order valence-electron chi connectivity index (χ4n) is 0.235. The Hall–Kier alpha value is -1.35. The van der Waals surface area contributed by atoms with Crippen molar-refractivity contribution in [3.8, 4) is 0 Å². The summed E-state index contributed by atoms with van der Waals surface area (Å²) in [6, 6.07) is 0. The molecule has 0 amide bonds. The molecular formula is C10H16O3. The maximum Gasteiger partial charge on any atom is 0.330 e. The normalized spacial score (nSPS) is 7.77. The molecule has 0 fully saturated rings. The van der Waals surface area contributed by atoms with E-state index in [1.54, 1.807) is 12.2 Å². The van der Waals surface area contributed by atoms with Crippen molar-refractivity contribution in [2.75, 3.05) is 13.2 Å². The first kappa shape index (κ1) is 14.2.